The van der Waals surface area contributed by atoms with E-state index in [0.29, 0.717) is 22.0 Å². The van der Waals surface area contributed by atoms with Gasteiger partial charge in [0.2, 0.25) is 0 Å². The lowest BCUT2D eigenvalue weighted by atomic mass is 9.43. The number of carbonyl (C=O) groups is 1. The summed E-state index contributed by atoms with van der Waals surface area (Å²) in [5.41, 5.74) is 2.10. The van der Waals surface area contributed by atoms with Gasteiger partial charge >= 0.3 is 0 Å². The molecule has 0 aromatic heterocycles. The molecule has 0 amide bonds. The van der Waals surface area contributed by atoms with Crippen LogP contribution in [-0.2, 0) is 5.41 Å². The molecule has 4 heteroatoms. The Morgan fingerprint density at radius 3 is 2.50 bits per heavy atom. The van der Waals surface area contributed by atoms with E-state index in [4.69, 9.17) is 28.2 Å². The van der Waals surface area contributed by atoms with Crippen molar-refractivity contribution in [1.29, 1.82) is 0 Å². The Labute approximate surface area is 153 Å². The van der Waals surface area contributed by atoms with Crippen LogP contribution in [0.2, 0.25) is 10.0 Å². The van der Waals surface area contributed by atoms with E-state index in [9.17, 15) is 4.79 Å². The van der Waals surface area contributed by atoms with Crippen LogP contribution < -0.4 is 0 Å². The topological polar surface area (TPSA) is 29.4 Å². The zero-order valence-electron chi connectivity index (χ0n) is 14.7. The number of hydrogen-bond donors (Lipinski definition) is 0. The van der Waals surface area contributed by atoms with Gasteiger partial charge in [-0.1, -0.05) is 57.3 Å². The number of fused-ring (bicyclic) bond motifs is 2. The minimum atomic E-state index is -0.325. The third kappa shape index (κ3) is 1.69. The summed E-state index contributed by atoms with van der Waals surface area (Å²) < 4.78 is 0. The molecule has 0 N–H and O–H groups in total. The largest absolute Gasteiger partial charge is 0.294 e. The van der Waals surface area contributed by atoms with E-state index < -0.39 is 0 Å². The maximum Gasteiger partial charge on any atom is 0.167 e. The van der Waals surface area contributed by atoms with Crippen LogP contribution in [0.3, 0.4) is 0 Å². The number of rotatable bonds is 1. The summed E-state index contributed by atoms with van der Waals surface area (Å²) in [5, 5.41) is 1.24. The molecule has 3 atom stereocenters. The average molecular weight is 364 g/mol. The van der Waals surface area contributed by atoms with Gasteiger partial charge in [-0.05, 0) is 36.0 Å². The lowest BCUT2D eigenvalue weighted by Gasteiger charge is -2.65. The molecule has 1 aromatic rings. The third-order valence-electron chi connectivity index (χ3n) is 6.92. The maximum absolute atomic E-state index is 13.1. The first-order chi connectivity index (χ1) is 11.2. The molecule has 1 heterocycles. The average Bonchev–Trinajstić information content (AvgIpc) is 2.47. The molecule has 1 aliphatic heterocycles. The Bertz CT molecular complexity index is 799. The Kier molecular flexibility index (Phi) is 3.36. The minimum Gasteiger partial charge on any atom is -0.294 e. The van der Waals surface area contributed by atoms with Crippen molar-refractivity contribution in [2.24, 2.45) is 10.4 Å². The summed E-state index contributed by atoms with van der Waals surface area (Å²) in [6.07, 6.45) is 5.78. The van der Waals surface area contributed by atoms with Crippen molar-refractivity contribution in [1.82, 2.24) is 0 Å². The fourth-order valence-corrected chi connectivity index (χ4v) is 6.49. The fraction of sp³-hybridized carbons (Fsp3) is 0.600. The first kappa shape index (κ1) is 16.6. The van der Waals surface area contributed by atoms with Gasteiger partial charge in [0.05, 0.1) is 10.6 Å². The van der Waals surface area contributed by atoms with Crippen molar-refractivity contribution in [2.45, 2.75) is 70.3 Å². The van der Waals surface area contributed by atoms with Crippen molar-refractivity contribution >= 4 is 35.2 Å². The van der Waals surface area contributed by atoms with Crippen LogP contribution in [0.4, 0.5) is 0 Å². The number of aliphatic imine (C=N–C) groups is 1. The molecule has 1 aromatic carbocycles. The molecule has 4 rings (SSSR count). The van der Waals surface area contributed by atoms with Gasteiger partial charge < -0.3 is 0 Å². The lowest BCUT2D eigenvalue weighted by molar-refractivity contribution is 0.0221. The lowest BCUT2D eigenvalue weighted by Crippen LogP contribution is -2.69. The number of carbonyl (C=O) groups excluding carboxylic acids is 1. The second-order valence-electron chi connectivity index (χ2n) is 8.48. The van der Waals surface area contributed by atoms with E-state index in [0.717, 1.165) is 30.4 Å². The molecule has 0 saturated heterocycles. The summed E-state index contributed by atoms with van der Waals surface area (Å²) in [7, 11) is 0. The van der Waals surface area contributed by atoms with Gasteiger partial charge in [-0.2, -0.15) is 0 Å². The van der Waals surface area contributed by atoms with Crippen molar-refractivity contribution in [3.05, 3.63) is 32.8 Å². The van der Waals surface area contributed by atoms with E-state index >= 15 is 0 Å². The Balaban J connectivity index is 2.03. The molecule has 24 heavy (non-hydrogen) atoms. The number of nitrogens with zero attached hydrogens (tertiary/aromatic N) is 1. The summed E-state index contributed by atoms with van der Waals surface area (Å²) >= 11 is 13.3. The molecule has 1 unspecified atom stereocenters. The summed E-state index contributed by atoms with van der Waals surface area (Å²) in [6, 6.07) is 2.01. The predicted octanol–water partition coefficient (Wildman–Crippen LogP) is 5.97. The van der Waals surface area contributed by atoms with Gasteiger partial charge in [0.15, 0.2) is 5.78 Å². The smallest absolute Gasteiger partial charge is 0.167 e. The molecule has 2 aliphatic carbocycles. The van der Waals surface area contributed by atoms with Crippen molar-refractivity contribution in [3.8, 4) is 0 Å². The van der Waals surface area contributed by atoms with Crippen LogP contribution >= 0.6 is 23.2 Å². The molecule has 1 fully saturated rings. The number of halogens is 2. The highest BCUT2D eigenvalue weighted by Gasteiger charge is 2.68. The second kappa shape index (κ2) is 4.86. The molecule has 128 valence electrons. The predicted molar refractivity (Wildman–Crippen MR) is 100 cm³/mol. The van der Waals surface area contributed by atoms with Crippen LogP contribution in [0.1, 0.15) is 80.8 Å². The first-order valence-electron chi connectivity index (χ1n) is 8.79. The van der Waals surface area contributed by atoms with E-state index in [1.165, 1.54) is 0 Å². The Morgan fingerprint density at radius 2 is 1.92 bits per heavy atom. The van der Waals surface area contributed by atoms with Crippen molar-refractivity contribution in [2.75, 3.05) is 0 Å². The molecule has 1 saturated carbocycles. The Morgan fingerprint density at radius 1 is 1.21 bits per heavy atom. The highest BCUT2D eigenvalue weighted by atomic mass is 35.5. The van der Waals surface area contributed by atoms with Gasteiger partial charge in [-0.3, -0.25) is 9.79 Å². The quantitative estimate of drug-likeness (QED) is 0.603. The molecular formula is C20H23Cl2NO. The molecule has 0 bridgehead atoms. The summed E-state index contributed by atoms with van der Waals surface area (Å²) in [6.45, 7) is 8.63. The van der Waals surface area contributed by atoms with Gasteiger partial charge in [0.25, 0.3) is 0 Å². The fourth-order valence-electron chi connectivity index (χ4n) is 5.49. The highest BCUT2D eigenvalue weighted by Crippen LogP contribution is 2.65. The first-order valence-corrected chi connectivity index (χ1v) is 9.54. The van der Waals surface area contributed by atoms with E-state index in [2.05, 4.69) is 33.9 Å². The Hall–Kier alpha value is -0.860. The van der Waals surface area contributed by atoms with Crippen LogP contribution in [0.15, 0.2) is 11.1 Å². The van der Waals surface area contributed by atoms with Gasteiger partial charge in [0.1, 0.15) is 0 Å². The third-order valence-corrected chi connectivity index (χ3v) is 7.63. The molecule has 2 nitrogen and oxygen atoms in total. The van der Waals surface area contributed by atoms with E-state index in [1.54, 1.807) is 0 Å². The number of Topliss-reactive ketones (excluding diaryl/α,β-unsaturated/α-hetero) is 1. The highest BCUT2D eigenvalue weighted by molar-refractivity contribution is 6.38. The summed E-state index contributed by atoms with van der Waals surface area (Å²) in [5.74, 6) is 0.307. The van der Waals surface area contributed by atoms with Gasteiger partial charge in [0, 0.05) is 34.1 Å². The number of benzene rings is 1. The monoisotopic (exact) mass is 363 g/mol. The summed E-state index contributed by atoms with van der Waals surface area (Å²) in [4.78, 5) is 17.9. The van der Waals surface area contributed by atoms with E-state index in [1.807, 2.05) is 6.07 Å². The van der Waals surface area contributed by atoms with Crippen LogP contribution in [0.5, 0.6) is 0 Å². The van der Waals surface area contributed by atoms with Gasteiger partial charge in [-0.25, -0.2) is 0 Å². The minimum absolute atomic E-state index is 0.00300. The maximum atomic E-state index is 13.1. The molecule has 0 radical (unpaired) electrons. The van der Waals surface area contributed by atoms with Crippen LogP contribution in [0, 0.1) is 5.41 Å². The normalized spacial score (nSPS) is 36.9. The molecule has 1 spiro atoms. The van der Waals surface area contributed by atoms with Gasteiger partial charge in [-0.15, -0.1) is 0 Å². The van der Waals surface area contributed by atoms with Crippen molar-refractivity contribution in [3.63, 3.8) is 0 Å². The number of ketones is 1. The number of hydrogen-bond acceptors (Lipinski definition) is 2. The SMILES string of the molecule is CC(C)c1c(Cl)cc2c(c1Cl)C(=O)C[C@@]13N=C[C@]1(C)CCCC23C. The van der Waals surface area contributed by atoms with Crippen LogP contribution in [0.25, 0.3) is 0 Å². The molecule has 3 aliphatic rings. The second-order valence-corrected chi connectivity index (χ2v) is 9.27. The van der Waals surface area contributed by atoms with E-state index in [-0.39, 0.29) is 28.1 Å². The zero-order valence-corrected chi connectivity index (χ0v) is 16.2. The van der Waals surface area contributed by atoms with Crippen LogP contribution in [-0.4, -0.2) is 17.5 Å². The molecular weight excluding hydrogens is 341 g/mol. The zero-order chi connectivity index (χ0) is 17.5. The van der Waals surface area contributed by atoms with Crippen molar-refractivity contribution < 1.29 is 4.79 Å². The standard InChI is InChI=1S/C20H23Cl2NO/c1-11(2)15-13(21)8-12-16(17(15)22)14(24)9-20-18(3,10-23-20)6-5-7-19(12,20)4/h8,10-11H,5-7,9H2,1-4H3/t18-,19?,20+/m0/s1.